The van der Waals surface area contributed by atoms with Crippen LogP contribution in [0.25, 0.3) is 10.9 Å². The molecule has 3 heterocycles. The second-order valence-corrected chi connectivity index (χ2v) is 7.83. The Balaban J connectivity index is 1.57. The second-order valence-electron chi connectivity index (χ2n) is 7.83. The van der Waals surface area contributed by atoms with Crippen molar-refractivity contribution in [2.75, 3.05) is 24.7 Å². The van der Waals surface area contributed by atoms with Crippen molar-refractivity contribution in [1.29, 1.82) is 0 Å². The number of nitrogens with one attached hydrogen (secondary N) is 1. The van der Waals surface area contributed by atoms with Crippen LogP contribution in [-0.2, 0) is 14.3 Å². The summed E-state index contributed by atoms with van der Waals surface area (Å²) in [6.07, 6.45) is 5.47. The smallest absolute Gasteiger partial charge is 0.314 e. The van der Waals surface area contributed by atoms with Gasteiger partial charge in [0.25, 0.3) is 0 Å². The standard InChI is InChI=1S/C22H25FN6O3/c1-13(14-6-8-15(23)9-7-14)28(2)22(31)21(30)27-17-12-25-20(24)16-11-26-29(19(16)17)18-5-3-4-10-32-18/h6-9,11-13,18H,3-5,10H2,1-2H3,(H2,24,25)(H,27,30)/t13-,18?/m1/s1. The summed E-state index contributed by atoms with van der Waals surface area (Å²) in [4.78, 5) is 31.0. The van der Waals surface area contributed by atoms with Gasteiger partial charge in [-0.3, -0.25) is 9.59 Å². The number of ether oxygens (including phenoxy) is 1. The third kappa shape index (κ3) is 4.13. The number of benzene rings is 1. The topological polar surface area (TPSA) is 115 Å². The molecule has 32 heavy (non-hydrogen) atoms. The fraction of sp³-hybridized carbons (Fsp3) is 0.364. The Morgan fingerprint density at radius 2 is 2.03 bits per heavy atom. The Kier molecular flexibility index (Phi) is 6.04. The van der Waals surface area contributed by atoms with E-state index in [1.165, 1.54) is 30.3 Å². The van der Waals surface area contributed by atoms with Crippen LogP contribution in [0.3, 0.4) is 0 Å². The number of carbonyl (C=O) groups excluding carboxylic acids is 2. The number of anilines is 2. The highest BCUT2D eigenvalue weighted by Gasteiger charge is 2.27. The lowest BCUT2D eigenvalue weighted by molar-refractivity contribution is -0.143. The average molecular weight is 440 g/mol. The molecule has 1 saturated heterocycles. The monoisotopic (exact) mass is 440 g/mol. The van der Waals surface area contributed by atoms with Crippen LogP contribution in [0.1, 0.15) is 44.0 Å². The van der Waals surface area contributed by atoms with Crippen LogP contribution in [0.5, 0.6) is 0 Å². The maximum Gasteiger partial charge on any atom is 0.314 e. The number of nitrogens with two attached hydrogens (primary N) is 1. The van der Waals surface area contributed by atoms with Gasteiger partial charge in [0.1, 0.15) is 17.2 Å². The van der Waals surface area contributed by atoms with Gasteiger partial charge < -0.3 is 20.7 Å². The number of nitrogens with zero attached hydrogens (tertiary/aromatic N) is 4. The number of pyridine rings is 1. The average Bonchev–Trinajstić information content (AvgIpc) is 3.27. The number of hydrogen-bond donors (Lipinski definition) is 2. The number of halogens is 1. The molecule has 9 nitrogen and oxygen atoms in total. The number of nitrogen functional groups attached to an aromatic ring is 1. The van der Waals surface area contributed by atoms with E-state index < -0.39 is 17.9 Å². The minimum atomic E-state index is -0.827. The van der Waals surface area contributed by atoms with Crippen LogP contribution in [-0.4, -0.2) is 45.1 Å². The first kappa shape index (κ1) is 21.7. The Bertz CT molecular complexity index is 1140. The molecule has 168 valence electrons. The zero-order chi connectivity index (χ0) is 22.8. The van der Waals surface area contributed by atoms with Gasteiger partial charge in [0.2, 0.25) is 0 Å². The van der Waals surface area contributed by atoms with Gasteiger partial charge in [0, 0.05) is 13.7 Å². The van der Waals surface area contributed by atoms with Crippen molar-refractivity contribution < 1.29 is 18.7 Å². The van der Waals surface area contributed by atoms with Crippen molar-refractivity contribution >= 4 is 34.2 Å². The minimum Gasteiger partial charge on any atom is -0.383 e. The van der Waals surface area contributed by atoms with E-state index >= 15 is 0 Å². The van der Waals surface area contributed by atoms with E-state index in [0.717, 1.165) is 19.3 Å². The summed E-state index contributed by atoms with van der Waals surface area (Å²) in [5.74, 6) is -1.67. The van der Waals surface area contributed by atoms with Crippen LogP contribution in [0, 0.1) is 5.82 Å². The summed E-state index contributed by atoms with van der Waals surface area (Å²) in [6, 6.07) is 5.36. The van der Waals surface area contributed by atoms with Crippen LogP contribution in [0.2, 0.25) is 0 Å². The van der Waals surface area contributed by atoms with E-state index in [9.17, 15) is 14.0 Å². The number of likely N-dealkylation sites (N-methyl/N-ethyl adjacent to an activating group) is 1. The first-order valence-electron chi connectivity index (χ1n) is 10.4. The third-order valence-electron chi connectivity index (χ3n) is 5.78. The number of hydrogen-bond acceptors (Lipinski definition) is 6. The summed E-state index contributed by atoms with van der Waals surface area (Å²) in [7, 11) is 1.52. The Morgan fingerprint density at radius 1 is 1.28 bits per heavy atom. The van der Waals surface area contributed by atoms with E-state index in [-0.39, 0.29) is 17.9 Å². The Labute approximate surface area is 184 Å². The van der Waals surface area contributed by atoms with E-state index in [1.54, 1.807) is 29.9 Å². The van der Waals surface area contributed by atoms with Gasteiger partial charge in [0.15, 0.2) is 6.23 Å². The second kappa shape index (κ2) is 8.91. The Hall–Kier alpha value is -3.53. The predicted molar refractivity (Wildman–Crippen MR) is 117 cm³/mol. The fourth-order valence-electron chi connectivity index (χ4n) is 3.79. The summed E-state index contributed by atoms with van der Waals surface area (Å²) >= 11 is 0. The van der Waals surface area contributed by atoms with E-state index in [4.69, 9.17) is 10.5 Å². The van der Waals surface area contributed by atoms with Crippen LogP contribution in [0.15, 0.2) is 36.7 Å². The molecule has 0 aliphatic carbocycles. The van der Waals surface area contributed by atoms with E-state index in [2.05, 4.69) is 15.4 Å². The van der Waals surface area contributed by atoms with Gasteiger partial charge in [-0.2, -0.15) is 5.10 Å². The van der Waals surface area contributed by atoms with Gasteiger partial charge in [-0.15, -0.1) is 0 Å². The summed E-state index contributed by atoms with van der Waals surface area (Å²) in [5.41, 5.74) is 7.59. The highest BCUT2D eigenvalue weighted by atomic mass is 19.1. The predicted octanol–water partition coefficient (Wildman–Crippen LogP) is 3.01. The van der Waals surface area contributed by atoms with Crippen LogP contribution in [0.4, 0.5) is 15.9 Å². The van der Waals surface area contributed by atoms with Crippen molar-refractivity contribution in [2.45, 2.75) is 38.5 Å². The van der Waals surface area contributed by atoms with Crippen molar-refractivity contribution in [1.82, 2.24) is 19.7 Å². The van der Waals surface area contributed by atoms with Crippen LogP contribution >= 0.6 is 0 Å². The van der Waals surface area contributed by atoms with Gasteiger partial charge >= 0.3 is 11.8 Å². The molecule has 10 heteroatoms. The lowest BCUT2D eigenvalue weighted by Gasteiger charge is -2.25. The number of amides is 2. The number of fused-ring (bicyclic) bond motifs is 1. The molecule has 0 bridgehead atoms. The molecule has 3 N–H and O–H groups in total. The molecular weight excluding hydrogens is 415 g/mol. The first-order valence-corrected chi connectivity index (χ1v) is 10.4. The van der Waals surface area contributed by atoms with Gasteiger partial charge in [-0.1, -0.05) is 12.1 Å². The molecular formula is C22H25FN6O3. The number of rotatable bonds is 4. The molecule has 4 rings (SSSR count). The van der Waals surface area contributed by atoms with E-state index in [1.807, 2.05) is 0 Å². The molecule has 0 spiro atoms. The van der Waals surface area contributed by atoms with Gasteiger partial charge in [-0.25, -0.2) is 14.1 Å². The van der Waals surface area contributed by atoms with Gasteiger partial charge in [0.05, 0.1) is 29.5 Å². The number of aromatic nitrogens is 3. The Morgan fingerprint density at radius 3 is 2.72 bits per heavy atom. The third-order valence-corrected chi connectivity index (χ3v) is 5.78. The summed E-state index contributed by atoms with van der Waals surface area (Å²) in [5, 5.41) is 7.61. The van der Waals surface area contributed by atoms with Crippen molar-refractivity contribution in [2.24, 2.45) is 0 Å². The fourth-order valence-corrected chi connectivity index (χ4v) is 3.79. The minimum absolute atomic E-state index is 0.272. The molecule has 0 radical (unpaired) electrons. The molecule has 2 aromatic heterocycles. The highest BCUT2D eigenvalue weighted by Crippen LogP contribution is 2.32. The highest BCUT2D eigenvalue weighted by molar-refractivity contribution is 6.40. The maximum absolute atomic E-state index is 13.2. The van der Waals surface area contributed by atoms with Crippen LogP contribution < -0.4 is 11.1 Å². The van der Waals surface area contributed by atoms with Crippen molar-refractivity contribution in [3.63, 3.8) is 0 Å². The molecule has 3 aromatic rings. The zero-order valence-corrected chi connectivity index (χ0v) is 17.9. The van der Waals surface area contributed by atoms with Gasteiger partial charge in [-0.05, 0) is 43.9 Å². The normalized spacial score (nSPS) is 17.2. The molecule has 1 aliphatic rings. The van der Waals surface area contributed by atoms with Crippen molar-refractivity contribution in [3.8, 4) is 0 Å². The lowest BCUT2D eigenvalue weighted by Crippen LogP contribution is -2.38. The lowest BCUT2D eigenvalue weighted by atomic mass is 10.1. The molecule has 1 aromatic carbocycles. The summed E-state index contributed by atoms with van der Waals surface area (Å²) in [6.45, 7) is 2.38. The molecule has 1 unspecified atom stereocenters. The SMILES string of the molecule is C[C@H](c1ccc(F)cc1)N(C)C(=O)C(=O)Nc1cnc(N)c2cnn(C3CCCCO3)c12. The first-order chi connectivity index (χ1) is 15.4. The molecule has 2 atom stereocenters. The molecule has 1 fully saturated rings. The largest absolute Gasteiger partial charge is 0.383 e. The zero-order valence-electron chi connectivity index (χ0n) is 17.9. The maximum atomic E-state index is 13.2. The number of carbonyl (C=O) groups is 2. The molecule has 2 amide bonds. The van der Waals surface area contributed by atoms with Crippen molar-refractivity contribution in [3.05, 3.63) is 48.0 Å². The quantitative estimate of drug-likeness (QED) is 0.603. The van der Waals surface area contributed by atoms with E-state index in [0.29, 0.717) is 28.8 Å². The molecule has 1 aliphatic heterocycles. The molecule has 0 saturated carbocycles. The summed E-state index contributed by atoms with van der Waals surface area (Å²) < 4.78 is 20.7.